The zero-order valence-corrected chi connectivity index (χ0v) is 20.4. The number of hydrogen-bond acceptors (Lipinski definition) is 5. The quantitative estimate of drug-likeness (QED) is 0.503. The Labute approximate surface area is 181 Å². The van der Waals surface area contributed by atoms with Gasteiger partial charge in [0.2, 0.25) is 5.75 Å². The molecule has 0 aromatic heterocycles. The minimum atomic E-state index is -2.17. The van der Waals surface area contributed by atoms with E-state index in [1.807, 2.05) is 13.0 Å². The van der Waals surface area contributed by atoms with Gasteiger partial charge in [-0.15, -0.1) is 0 Å². The predicted octanol–water partition coefficient (Wildman–Crippen LogP) is 5.51. The third kappa shape index (κ3) is 4.85. The van der Waals surface area contributed by atoms with E-state index in [9.17, 15) is 5.11 Å². The van der Waals surface area contributed by atoms with Gasteiger partial charge in [-0.05, 0) is 54.9 Å². The molecule has 6 heteroatoms. The molecule has 0 bridgehead atoms. The lowest BCUT2D eigenvalue weighted by Gasteiger charge is -2.37. The molecule has 0 saturated heterocycles. The standard InChI is InChI=1S/C24H32O5Si/c1-16-14-21(27-6)23(28-7)22(29-30(8,9)24(2,3)4)18(16)12-10-17-11-13-20(26-5)19(25)15-17/h11,13-15,25H,1-9H3. The van der Waals surface area contributed by atoms with E-state index in [0.29, 0.717) is 28.6 Å². The molecule has 5 nitrogen and oxygen atoms in total. The molecule has 0 aliphatic heterocycles. The average Bonchev–Trinajstić information content (AvgIpc) is 2.66. The van der Waals surface area contributed by atoms with Crippen LogP contribution in [0, 0.1) is 18.8 Å². The van der Waals surface area contributed by atoms with E-state index in [4.69, 9.17) is 18.6 Å². The summed E-state index contributed by atoms with van der Waals surface area (Å²) in [6, 6.07) is 6.97. The summed E-state index contributed by atoms with van der Waals surface area (Å²) < 4.78 is 23.0. The number of benzene rings is 2. The van der Waals surface area contributed by atoms with Gasteiger partial charge in [0, 0.05) is 5.56 Å². The fourth-order valence-electron chi connectivity index (χ4n) is 2.65. The van der Waals surface area contributed by atoms with Crippen LogP contribution in [0.3, 0.4) is 0 Å². The monoisotopic (exact) mass is 428 g/mol. The Morgan fingerprint density at radius 1 is 0.867 bits per heavy atom. The fraction of sp³-hybridized carbons (Fsp3) is 0.417. The SMILES string of the molecule is COc1ccc(C#Cc2c(C)cc(OC)c(OC)c2O[Si](C)(C)C(C)(C)C)cc1O. The van der Waals surface area contributed by atoms with Crippen LogP contribution in [0.5, 0.6) is 28.7 Å². The molecule has 2 aromatic rings. The maximum Gasteiger partial charge on any atom is 0.250 e. The summed E-state index contributed by atoms with van der Waals surface area (Å²) in [7, 11) is 2.55. The molecule has 30 heavy (non-hydrogen) atoms. The van der Waals surface area contributed by atoms with Gasteiger partial charge in [-0.1, -0.05) is 32.6 Å². The highest BCUT2D eigenvalue weighted by Crippen LogP contribution is 2.46. The molecule has 0 heterocycles. The van der Waals surface area contributed by atoms with Crippen molar-refractivity contribution < 1.29 is 23.7 Å². The van der Waals surface area contributed by atoms with Gasteiger partial charge in [0.1, 0.15) is 0 Å². The number of phenols is 1. The Hall–Kier alpha value is -2.78. The molecule has 2 rings (SSSR count). The van der Waals surface area contributed by atoms with E-state index in [2.05, 4.69) is 45.7 Å². The fourth-order valence-corrected chi connectivity index (χ4v) is 3.66. The molecule has 0 unspecified atom stereocenters. The van der Waals surface area contributed by atoms with Crippen molar-refractivity contribution in [3.63, 3.8) is 0 Å². The lowest BCUT2D eigenvalue weighted by Crippen LogP contribution is -2.44. The van der Waals surface area contributed by atoms with Gasteiger partial charge in [0.15, 0.2) is 23.0 Å². The number of hydrogen-bond donors (Lipinski definition) is 1. The smallest absolute Gasteiger partial charge is 0.250 e. The molecule has 0 fully saturated rings. The normalized spacial score (nSPS) is 11.4. The molecule has 0 aliphatic rings. The van der Waals surface area contributed by atoms with Crippen LogP contribution >= 0.6 is 0 Å². The van der Waals surface area contributed by atoms with Crippen molar-refractivity contribution in [1.29, 1.82) is 0 Å². The average molecular weight is 429 g/mol. The number of aromatic hydroxyl groups is 1. The van der Waals surface area contributed by atoms with Crippen LogP contribution in [0.4, 0.5) is 0 Å². The predicted molar refractivity (Wildman–Crippen MR) is 123 cm³/mol. The second kappa shape index (κ2) is 8.93. The Kier molecular flexibility index (Phi) is 6.99. The Morgan fingerprint density at radius 2 is 1.50 bits per heavy atom. The summed E-state index contributed by atoms with van der Waals surface area (Å²) in [6.07, 6.45) is 0. The lowest BCUT2D eigenvalue weighted by atomic mass is 10.1. The number of aryl methyl sites for hydroxylation is 1. The van der Waals surface area contributed by atoms with Gasteiger partial charge >= 0.3 is 0 Å². The molecule has 2 aromatic carbocycles. The van der Waals surface area contributed by atoms with Crippen LogP contribution in [0.25, 0.3) is 0 Å². The van der Waals surface area contributed by atoms with Gasteiger partial charge in [-0.3, -0.25) is 0 Å². The largest absolute Gasteiger partial charge is 0.540 e. The summed E-state index contributed by atoms with van der Waals surface area (Å²) in [4.78, 5) is 0. The van der Waals surface area contributed by atoms with Crippen molar-refractivity contribution in [2.24, 2.45) is 0 Å². The van der Waals surface area contributed by atoms with Crippen LogP contribution in [-0.4, -0.2) is 34.8 Å². The van der Waals surface area contributed by atoms with Gasteiger partial charge in [-0.25, -0.2) is 0 Å². The minimum Gasteiger partial charge on any atom is -0.540 e. The zero-order valence-electron chi connectivity index (χ0n) is 19.4. The molecular weight excluding hydrogens is 396 g/mol. The van der Waals surface area contributed by atoms with Gasteiger partial charge in [0.25, 0.3) is 8.32 Å². The molecule has 0 spiro atoms. The molecule has 0 aliphatic carbocycles. The molecule has 0 amide bonds. The van der Waals surface area contributed by atoms with Crippen molar-refractivity contribution >= 4 is 8.32 Å². The summed E-state index contributed by atoms with van der Waals surface area (Å²) in [6.45, 7) is 12.9. The Balaban J connectivity index is 2.66. The van der Waals surface area contributed by atoms with Crippen LogP contribution < -0.4 is 18.6 Å². The number of methoxy groups -OCH3 is 3. The van der Waals surface area contributed by atoms with E-state index >= 15 is 0 Å². The molecule has 0 saturated carbocycles. The molecule has 0 atom stereocenters. The van der Waals surface area contributed by atoms with Crippen LogP contribution in [0.1, 0.15) is 37.5 Å². The van der Waals surface area contributed by atoms with E-state index in [0.717, 1.165) is 11.1 Å². The summed E-state index contributed by atoms with van der Waals surface area (Å²) in [5, 5.41) is 10.0. The van der Waals surface area contributed by atoms with Crippen molar-refractivity contribution in [2.75, 3.05) is 21.3 Å². The van der Waals surface area contributed by atoms with E-state index in [1.165, 1.54) is 7.11 Å². The van der Waals surface area contributed by atoms with E-state index in [-0.39, 0.29) is 10.8 Å². The third-order valence-electron chi connectivity index (χ3n) is 5.50. The van der Waals surface area contributed by atoms with Crippen molar-refractivity contribution in [1.82, 2.24) is 0 Å². The summed E-state index contributed by atoms with van der Waals surface area (Å²) in [5.41, 5.74) is 2.33. The zero-order chi connectivity index (χ0) is 22.7. The van der Waals surface area contributed by atoms with E-state index < -0.39 is 8.32 Å². The van der Waals surface area contributed by atoms with Gasteiger partial charge < -0.3 is 23.7 Å². The van der Waals surface area contributed by atoms with Crippen LogP contribution in [0.2, 0.25) is 18.1 Å². The first-order valence-electron chi connectivity index (χ1n) is 9.78. The lowest BCUT2D eigenvalue weighted by molar-refractivity contribution is 0.339. The highest BCUT2D eigenvalue weighted by molar-refractivity contribution is 6.74. The first kappa shape index (κ1) is 23.5. The second-order valence-electron chi connectivity index (χ2n) is 8.63. The number of rotatable bonds is 5. The highest BCUT2D eigenvalue weighted by Gasteiger charge is 2.40. The number of phenolic OH excluding ortho intramolecular Hbond substituents is 1. The maximum atomic E-state index is 10.0. The first-order chi connectivity index (χ1) is 13.9. The summed E-state index contributed by atoms with van der Waals surface area (Å²) >= 11 is 0. The molecule has 1 N–H and O–H groups in total. The number of ether oxygens (including phenoxy) is 3. The van der Waals surface area contributed by atoms with Crippen LogP contribution in [-0.2, 0) is 0 Å². The topological polar surface area (TPSA) is 57.2 Å². The van der Waals surface area contributed by atoms with Crippen molar-refractivity contribution in [3.05, 3.63) is 41.0 Å². The van der Waals surface area contributed by atoms with Crippen molar-refractivity contribution in [2.45, 2.75) is 45.8 Å². The Morgan fingerprint density at radius 3 is 2.00 bits per heavy atom. The highest BCUT2D eigenvalue weighted by atomic mass is 28.4. The molecule has 0 radical (unpaired) electrons. The first-order valence-corrected chi connectivity index (χ1v) is 12.7. The van der Waals surface area contributed by atoms with Crippen LogP contribution in [0.15, 0.2) is 24.3 Å². The Bertz CT molecular complexity index is 978. The minimum absolute atomic E-state index is 0.00145. The molecular formula is C24H32O5Si. The van der Waals surface area contributed by atoms with Gasteiger partial charge in [-0.2, -0.15) is 0 Å². The van der Waals surface area contributed by atoms with Crippen molar-refractivity contribution in [3.8, 4) is 40.6 Å². The van der Waals surface area contributed by atoms with E-state index in [1.54, 1.807) is 32.4 Å². The second-order valence-corrected chi connectivity index (χ2v) is 13.4. The summed E-state index contributed by atoms with van der Waals surface area (Å²) in [5.74, 6) is 8.55. The maximum absolute atomic E-state index is 10.0. The third-order valence-corrected chi connectivity index (χ3v) is 9.82. The molecule has 162 valence electrons. The van der Waals surface area contributed by atoms with Gasteiger partial charge in [0.05, 0.1) is 26.9 Å².